The van der Waals surface area contributed by atoms with Crippen molar-refractivity contribution in [2.75, 3.05) is 0 Å². The van der Waals surface area contributed by atoms with Crippen molar-refractivity contribution in [2.24, 2.45) is 0 Å². The standard InChI is InChI=1S/4C2H4O2.Fe/c4*1-2(3)4;/h4*1H3,(H,3,4);/q;;;;+3/p-3. The molecule has 0 aromatic carbocycles. The Kier molecular flexibility index (Phi) is 41.5. The van der Waals surface area contributed by atoms with Gasteiger partial charge in [-0.05, 0) is 27.7 Å². The van der Waals surface area contributed by atoms with E-state index >= 15 is 0 Å². The van der Waals surface area contributed by atoms with E-state index in [0.717, 1.165) is 27.7 Å². The second-order valence-electron chi connectivity index (χ2n) is 1.97. The maximum atomic E-state index is 8.89. The Labute approximate surface area is 110 Å². The van der Waals surface area contributed by atoms with E-state index in [1.165, 1.54) is 0 Å². The van der Waals surface area contributed by atoms with Crippen molar-refractivity contribution in [1.29, 1.82) is 0 Å². The molecule has 0 N–H and O–H groups in total. The van der Waals surface area contributed by atoms with Gasteiger partial charge in [-0.3, -0.25) is 0 Å². The van der Waals surface area contributed by atoms with Gasteiger partial charge in [0.25, 0.3) is 0 Å². The number of hydrogen-bond acceptors (Lipinski definition) is 8. The normalized spacial score (nSPS) is 5.88. The summed E-state index contributed by atoms with van der Waals surface area (Å²) < 4.78 is 0. The number of carboxylic acid groups (broad SMARTS) is 4. The first-order valence-corrected chi connectivity index (χ1v) is 3.63. The Hall–Kier alpha value is -1.60. The van der Waals surface area contributed by atoms with Gasteiger partial charge in [-0.25, -0.2) is 0 Å². The second kappa shape index (κ2) is 23.9. The third-order valence-corrected chi connectivity index (χ3v) is 0. The second-order valence-corrected chi connectivity index (χ2v) is 1.97. The Balaban J connectivity index is -0.0000000257. The van der Waals surface area contributed by atoms with Gasteiger partial charge < -0.3 is 39.6 Å². The molecule has 0 bridgehead atoms. The molecule has 0 saturated carbocycles. The molecule has 0 heterocycles. The van der Waals surface area contributed by atoms with Gasteiger partial charge in [0, 0.05) is 23.9 Å². The molecule has 0 aliphatic heterocycles. The molecule has 0 aromatic rings. The molecule has 0 aromatic heterocycles. The van der Waals surface area contributed by atoms with Crippen molar-refractivity contribution in [3.05, 3.63) is 0 Å². The topological polar surface area (TPSA) is 161 Å². The predicted molar refractivity (Wildman–Crippen MR) is 43.8 cm³/mol. The van der Waals surface area contributed by atoms with Gasteiger partial charge in [0.2, 0.25) is 0 Å². The van der Waals surface area contributed by atoms with Crippen molar-refractivity contribution in [3.8, 4) is 0 Å². The van der Waals surface area contributed by atoms with Crippen molar-refractivity contribution in [2.45, 2.75) is 27.7 Å². The average Bonchev–Trinajstić information content (AvgIpc) is 1.76. The zero-order valence-electron chi connectivity index (χ0n) is 10.6. The molecule has 0 spiro atoms. The summed E-state index contributed by atoms with van der Waals surface area (Å²) >= 11 is 0. The van der Waals surface area contributed by atoms with Crippen molar-refractivity contribution < 1.29 is 58.1 Å². The Morgan fingerprint density at radius 2 is 0.588 bits per heavy atom. The summed E-state index contributed by atoms with van der Waals surface area (Å²) in [4.78, 5) is 35.6. The van der Waals surface area contributed by atoms with Crippen molar-refractivity contribution in [1.82, 2.24) is 0 Å². The van der Waals surface area contributed by atoms with E-state index in [2.05, 4.69) is 0 Å². The molecule has 0 rings (SSSR count). The molecule has 0 atom stereocenters. The molecule has 0 fully saturated rings. The van der Waals surface area contributed by atoms with Crippen LogP contribution in [0.1, 0.15) is 29.1 Å². The number of carbonyl (C=O) groups is 4. The van der Waals surface area contributed by atoms with E-state index < -0.39 is 23.9 Å². The number of rotatable bonds is 0. The largest absolute Gasteiger partial charge is 3.00 e. The van der Waals surface area contributed by atoms with Crippen LogP contribution >= 0.6 is 0 Å². The van der Waals surface area contributed by atoms with E-state index in [4.69, 9.17) is 39.6 Å². The van der Waals surface area contributed by atoms with Gasteiger partial charge in [0.15, 0.2) is 0 Å². The van der Waals surface area contributed by atoms with E-state index in [0.29, 0.717) is 0 Å². The quantitative estimate of drug-likeness (QED) is 0.401. The van der Waals surface area contributed by atoms with Crippen LogP contribution in [0.4, 0.5) is 0 Å². The summed E-state index contributed by atoms with van der Waals surface area (Å²) in [6.07, 6.45) is 0. The van der Waals surface area contributed by atoms with Gasteiger partial charge >= 0.3 is 18.5 Å². The van der Waals surface area contributed by atoms with Crippen molar-refractivity contribution in [3.63, 3.8) is 0 Å². The molecule has 101 valence electrons. The van der Waals surface area contributed by atoms with E-state index in [9.17, 15) is 0 Å². The van der Waals surface area contributed by atoms with Crippen LogP contribution in [0.2, 0.25) is 0 Å². The Morgan fingerprint density at radius 3 is 0.588 bits per heavy atom. The summed E-state index contributed by atoms with van der Waals surface area (Å²) in [6, 6.07) is 0. The minimum atomic E-state index is -1.08. The summed E-state index contributed by atoms with van der Waals surface area (Å²) in [5.41, 5.74) is 0. The molecular weight excluding hydrogens is 280 g/mol. The van der Waals surface area contributed by atoms with Gasteiger partial charge in [0.1, 0.15) is 0 Å². The van der Waals surface area contributed by atoms with Gasteiger partial charge in [0.05, 0.1) is 0 Å². The molecule has 17 heavy (non-hydrogen) atoms. The van der Waals surface area contributed by atoms with Crippen LogP contribution in [0.25, 0.3) is 0 Å². The fourth-order valence-corrected chi connectivity index (χ4v) is 0. The van der Waals surface area contributed by atoms with Gasteiger partial charge in [-0.2, -0.15) is 0 Å². The van der Waals surface area contributed by atoms with Crippen LogP contribution in [0.3, 0.4) is 0 Å². The molecule has 0 saturated heterocycles. The first-order valence-electron chi connectivity index (χ1n) is 3.63. The fraction of sp³-hybridized carbons (Fsp3) is 0.500. The maximum Gasteiger partial charge on any atom is 3.00 e. The van der Waals surface area contributed by atoms with Crippen LogP contribution in [0.5, 0.6) is 0 Å². The number of aliphatic carboxylic acids is 4. The number of carboxylic acids is 4. The zero-order valence-corrected chi connectivity index (χ0v) is 10.7. The molecule has 0 aliphatic rings. The SMILES string of the molecule is CC(=O)[O-].CC(=O)[O-].CC(=O)[O-].CC(=O)[O-].[Fe+3].[H+]. The van der Waals surface area contributed by atoms with E-state index in [-0.39, 0.29) is 18.5 Å². The first kappa shape index (κ1) is 29.5. The monoisotopic (exact) mass is 293 g/mol. The van der Waals surface area contributed by atoms with Gasteiger partial charge in [-0.1, -0.05) is 0 Å². The van der Waals surface area contributed by atoms with Crippen LogP contribution < -0.4 is 20.4 Å². The minimum Gasteiger partial charge on any atom is -0.550 e. The first-order chi connectivity index (χ1) is 6.93. The smallest absolute Gasteiger partial charge is 0.550 e. The maximum absolute atomic E-state index is 8.89. The third kappa shape index (κ3) is 864. The molecule has 0 aliphatic carbocycles. The Bertz CT molecular complexity index is 167. The van der Waals surface area contributed by atoms with Crippen molar-refractivity contribution >= 4 is 23.9 Å². The van der Waals surface area contributed by atoms with Crippen LogP contribution in [-0.2, 0) is 36.2 Å². The Morgan fingerprint density at radius 1 is 0.588 bits per heavy atom. The summed E-state index contributed by atoms with van der Waals surface area (Å²) in [5, 5.41) is 35.6. The van der Waals surface area contributed by atoms with Crippen LogP contribution in [0, 0.1) is 0 Å². The predicted octanol–water partition coefficient (Wildman–Crippen LogP) is -4.87. The summed E-state index contributed by atoms with van der Waals surface area (Å²) in [5.74, 6) is -4.33. The minimum absolute atomic E-state index is 0. The molecule has 0 amide bonds. The molecule has 8 nitrogen and oxygen atoms in total. The molecule has 1 radical (unpaired) electrons. The van der Waals surface area contributed by atoms with Crippen LogP contribution in [0.15, 0.2) is 0 Å². The molecule has 0 unspecified atom stereocenters. The summed E-state index contributed by atoms with van der Waals surface area (Å²) in [6.45, 7) is 3.89. The molecular formula is C8H13FeO8. The van der Waals surface area contributed by atoms with E-state index in [1.54, 1.807) is 0 Å². The number of carbonyl (C=O) groups excluding carboxylic acids is 4. The number of hydrogen-bond donors (Lipinski definition) is 0. The third-order valence-electron chi connectivity index (χ3n) is 0. The molecule has 9 heteroatoms. The van der Waals surface area contributed by atoms with E-state index in [1.807, 2.05) is 0 Å². The average molecular weight is 293 g/mol. The van der Waals surface area contributed by atoms with Gasteiger partial charge in [-0.15, -0.1) is 0 Å². The van der Waals surface area contributed by atoms with Crippen LogP contribution in [-0.4, -0.2) is 23.9 Å². The fourth-order valence-electron chi connectivity index (χ4n) is 0. The summed E-state index contributed by atoms with van der Waals surface area (Å²) in [7, 11) is 0. The zero-order chi connectivity index (χ0) is 14.3.